The van der Waals surface area contributed by atoms with E-state index < -0.39 is 0 Å². The van der Waals surface area contributed by atoms with E-state index in [-0.39, 0.29) is 18.0 Å². The van der Waals surface area contributed by atoms with Crippen molar-refractivity contribution in [2.75, 3.05) is 27.2 Å². The van der Waals surface area contributed by atoms with Crippen molar-refractivity contribution < 1.29 is 4.79 Å². The van der Waals surface area contributed by atoms with Crippen molar-refractivity contribution in [3.8, 4) is 0 Å². The number of benzene rings is 1. The summed E-state index contributed by atoms with van der Waals surface area (Å²) in [7, 11) is 3.87. The second kappa shape index (κ2) is 5.98. The summed E-state index contributed by atoms with van der Waals surface area (Å²) >= 11 is 0. The first-order valence-corrected chi connectivity index (χ1v) is 6.41. The molecule has 1 aliphatic heterocycles. The molecule has 0 radical (unpaired) electrons. The Hall–Kier alpha value is -1.39. The zero-order valence-electron chi connectivity index (χ0n) is 11.0. The van der Waals surface area contributed by atoms with Crippen LogP contribution in [-0.4, -0.2) is 44.0 Å². The molecule has 1 amide bonds. The van der Waals surface area contributed by atoms with Gasteiger partial charge in [-0.2, -0.15) is 0 Å². The van der Waals surface area contributed by atoms with E-state index in [2.05, 4.69) is 10.6 Å². The van der Waals surface area contributed by atoms with Crippen LogP contribution in [0.5, 0.6) is 0 Å². The van der Waals surface area contributed by atoms with Crippen LogP contribution in [0.25, 0.3) is 0 Å². The summed E-state index contributed by atoms with van der Waals surface area (Å²) < 4.78 is 0. The Morgan fingerprint density at radius 3 is 2.67 bits per heavy atom. The minimum absolute atomic E-state index is 0.0832. The van der Waals surface area contributed by atoms with Crippen LogP contribution in [0.4, 0.5) is 0 Å². The van der Waals surface area contributed by atoms with E-state index >= 15 is 0 Å². The molecule has 98 valence electrons. The number of carbonyl (C=O) groups excluding carboxylic acids is 1. The first kappa shape index (κ1) is 13.1. The van der Waals surface area contributed by atoms with Crippen LogP contribution >= 0.6 is 0 Å². The molecule has 1 aromatic carbocycles. The van der Waals surface area contributed by atoms with Crippen LogP contribution in [0, 0.1) is 0 Å². The first-order valence-electron chi connectivity index (χ1n) is 6.41. The maximum atomic E-state index is 12.4. The second-order valence-electron chi connectivity index (χ2n) is 4.98. The number of likely N-dealkylation sites (N-methyl/N-ethyl adjacent to an activating group) is 1. The number of nitrogens with zero attached hydrogens (tertiary/aromatic N) is 1. The molecule has 2 N–H and O–H groups in total. The van der Waals surface area contributed by atoms with E-state index in [1.807, 2.05) is 49.3 Å². The summed E-state index contributed by atoms with van der Waals surface area (Å²) in [5, 5.41) is 6.37. The number of nitrogens with one attached hydrogen (secondary N) is 2. The van der Waals surface area contributed by atoms with Gasteiger partial charge in [0.1, 0.15) is 6.04 Å². The van der Waals surface area contributed by atoms with Crippen LogP contribution in [0.1, 0.15) is 18.0 Å². The SMILES string of the molecule is CN(C)C(C(=O)NC1CCNC1)c1ccccc1. The van der Waals surface area contributed by atoms with Crippen LogP contribution in [-0.2, 0) is 4.79 Å². The first-order chi connectivity index (χ1) is 8.68. The smallest absolute Gasteiger partial charge is 0.242 e. The normalized spacial score (nSPS) is 20.9. The molecule has 1 saturated heterocycles. The van der Waals surface area contributed by atoms with Crippen molar-refractivity contribution in [2.24, 2.45) is 0 Å². The average Bonchev–Trinajstić information content (AvgIpc) is 2.83. The number of rotatable bonds is 4. The third-order valence-electron chi connectivity index (χ3n) is 3.29. The fourth-order valence-corrected chi connectivity index (χ4v) is 2.38. The number of amides is 1. The highest BCUT2D eigenvalue weighted by Crippen LogP contribution is 2.18. The van der Waals surface area contributed by atoms with Crippen LogP contribution in [0.15, 0.2) is 30.3 Å². The molecular weight excluding hydrogens is 226 g/mol. The van der Waals surface area contributed by atoms with Gasteiger partial charge in [0.25, 0.3) is 0 Å². The highest BCUT2D eigenvalue weighted by molar-refractivity contribution is 5.83. The fourth-order valence-electron chi connectivity index (χ4n) is 2.38. The monoisotopic (exact) mass is 247 g/mol. The van der Waals surface area contributed by atoms with E-state index in [4.69, 9.17) is 0 Å². The molecule has 1 aliphatic rings. The van der Waals surface area contributed by atoms with Gasteiger partial charge in [-0.3, -0.25) is 9.69 Å². The largest absolute Gasteiger partial charge is 0.350 e. The number of hydrogen-bond acceptors (Lipinski definition) is 3. The van der Waals surface area contributed by atoms with Gasteiger partial charge in [0.15, 0.2) is 0 Å². The summed E-state index contributed by atoms with van der Waals surface area (Å²) in [5.74, 6) is 0.0832. The van der Waals surface area contributed by atoms with Crippen molar-refractivity contribution >= 4 is 5.91 Å². The molecule has 1 heterocycles. The van der Waals surface area contributed by atoms with E-state index in [0.717, 1.165) is 25.1 Å². The predicted molar refractivity (Wildman–Crippen MR) is 72.3 cm³/mol. The van der Waals surface area contributed by atoms with Crippen molar-refractivity contribution in [3.05, 3.63) is 35.9 Å². The highest BCUT2D eigenvalue weighted by Gasteiger charge is 2.25. The van der Waals surface area contributed by atoms with E-state index in [9.17, 15) is 4.79 Å². The Morgan fingerprint density at radius 2 is 2.11 bits per heavy atom. The molecule has 2 atom stereocenters. The molecule has 4 heteroatoms. The topological polar surface area (TPSA) is 44.4 Å². The van der Waals surface area contributed by atoms with Crippen molar-refractivity contribution in [1.82, 2.24) is 15.5 Å². The molecule has 0 saturated carbocycles. The molecule has 2 rings (SSSR count). The lowest BCUT2D eigenvalue weighted by Crippen LogP contribution is -2.43. The average molecular weight is 247 g/mol. The van der Waals surface area contributed by atoms with Gasteiger partial charge in [-0.05, 0) is 32.6 Å². The third-order valence-corrected chi connectivity index (χ3v) is 3.29. The van der Waals surface area contributed by atoms with Gasteiger partial charge in [0.2, 0.25) is 5.91 Å². The van der Waals surface area contributed by atoms with Gasteiger partial charge in [-0.25, -0.2) is 0 Å². The maximum absolute atomic E-state index is 12.4. The van der Waals surface area contributed by atoms with Gasteiger partial charge in [-0.1, -0.05) is 30.3 Å². The van der Waals surface area contributed by atoms with Gasteiger partial charge >= 0.3 is 0 Å². The molecule has 0 aromatic heterocycles. The quantitative estimate of drug-likeness (QED) is 0.826. The van der Waals surface area contributed by atoms with Gasteiger partial charge in [0.05, 0.1) is 0 Å². The molecule has 1 fully saturated rings. The summed E-state index contributed by atoms with van der Waals surface area (Å²) in [6, 6.07) is 9.95. The Bertz CT molecular complexity index is 385. The van der Waals surface area contributed by atoms with Crippen molar-refractivity contribution in [2.45, 2.75) is 18.5 Å². The van der Waals surface area contributed by atoms with E-state index in [1.165, 1.54) is 0 Å². The standard InChI is InChI=1S/C14H21N3O/c1-17(2)13(11-6-4-3-5-7-11)14(18)16-12-8-9-15-10-12/h3-7,12-13,15H,8-10H2,1-2H3,(H,16,18). The summed E-state index contributed by atoms with van der Waals surface area (Å²) in [6.45, 7) is 1.86. The zero-order valence-corrected chi connectivity index (χ0v) is 11.0. The highest BCUT2D eigenvalue weighted by atomic mass is 16.2. The predicted octanol–water partition coefficient (Wildman–Crippen LogP) is 0.767. The van der Waals surface area contributed by atoms with E-state index in [1.54, 1.807) is 0 Å². The Kier molecular flexibility index (Phi) is 4.33. The Labute approximate surface area is 108 Å². The van der Waals surface area contributed by atoms with Crippen molar-refractivity contribution in [1.29, 1.82) is 0 Å². The molecule has 1 aromatic rings. The van der Waals surface area contributed by atoms with E-state index in [0.29, 0.717) is 0 Å². The van der Waals surface area contributed by atoms with Gasteiger partial charge < -0.3 is 10.6 Å². The molecule has 0 spiro atoms. The lowest BCUT2D eigenvalue weighted by molar-refractivity contribution is -0.126. The summed E-state index contributed by atoms with van der Waals surface area (Å²) in [6.07, 6.45) is 1.01. The lowest BCUT2D eigenvalue weighted by atomic mass is 10.0. The number of hydrogen-bond donors (Lipinski definition) is 2. The van der Waals surface area contributed by atoms with Crippen LogP contribution in [0.2, 0.25) is 0 Å². The van der Waals surface area contributed by atoms with Crippen LogP contribution < -0.4 is 10.6 Å². The molecule has 0 bridgehead atoms. The van der Waals surface area contributed by atoms with Gasteiger partial charge in [0, 0.05) is 12.6 Å². The molecule has 2 unspecified atom stereocenters. The summed E-state index contributed by atoms with van der Waals surface area (Å²) in [5.41, 5.74) is 1.03. The molecule has 4 nitrogen and oxygen atoms in total. The second-order valence-corrected chi connectivity index (χ2v) is 4.98. The minimum atomic E-state index is -0.216. The Morgan fingerprint density at radius 1 is 1.39 bits per heavy atom. The van der Waals surface area contributed by atoms with Crippen molar-refractivity contribution in [3.63, 3.8) is 0 Å². The maximum Gasteiger partial charge on any atom is 0.242 e. The minimum Gasteiger partial charge on any atom is -0.350 e. The molecule has 0 aliphatic carbocycles. The summed E-state index contributed by atoms with van der Waals surface area (Å²) in [4.78, 5) is 14.3. The fraction of sp³-hybridized carbons (Fsp3) is 0.500. The zero-order chi connectivity index (χ0) is 13.0. The third kappa shape index (κ3) is 3.09. The molecule has 18 heavy (non-hydrogen) atoms. The molecular formula is C14H21N3O. The lowest BCUT2D eigenvalue weighted by Gasteiger charge is -2.25. The Balaban J connectivity index is 2.07. The number of carbonyl (C=O) groups is 1. The van der Waals surface area contributed by atoms with Crippen LogP contribution in [0.3, 0.4) is 0 Å². The van der Waals surface area contributed by atoms with Gasteiger partial charge in [-0.15, -0.1) is 0 Å².